The highest BCUT2D eigenvalue weighted by atomic mass is 32.2. The lowest BCUT2D eigenvalue weighted by atomic mass is 10.5. The van der Waals surface area contributed by atoms with E-state index in [0.29, 0.717) is 19.1 Å². The van der Waals surface area contributed by atoms with E-state index in [9.17, 15) is 4.79 Å². The molecule has 1 amide bonds. The molecule has 20 heavy (non-hydrogen) atoms. The third kappa shape index (κ3) is 10.7. The maximum Gasteiger partial charge on any atom is 0.243 e. The molecule has 0 atom stereocenters. The molecule has 0 aliphatic rings. The molecular formula is C13H26N4O2S. The van der Waals surface area contributed by atoms with Crippen LogP contribution in [0.15, 0.2) is 17.6 Å². The molecule has 0 unspecified atom stereocenters. The lowest BCUT2D eigenvalue weighted by molar-refractivity contribution is -0.127. The van der Waals surface area contributed by atoms with Crippen molar-refractivity contribution in [3.05, 3.63) is 12.7 Å². The van der Waals surface area contributed by atoms with Crippen molar-refractivity contribution < 1.29 is 9.53 Å². The summed E-state index contributed by atoms with van der Waals surface area (Å²) in [5, 5.41) is 6.31. The van der Waals surface area contributed by atoms with Gasteiger partial charge < -0.3 is 20.3 Å². The number of aliphatic imine (C=N–C) groups is 1. The van der Waals surface area contributed by atoms with Gasteiger partial charge >= 0.3 is 0 Å². The van der Waals surface area contributed by atoms with E-state index >= 15 is 0 Å². The van der Waals surface area contributed by atoms with Crippen LogP contribution in [0.2, 0.25) is 0 Å². The van der Waals surface area contributed by atoms with Gasteiger partial charge in [-0.05, 0) is 0 Å². The van der Waals surface area contributed by atoms with Crippen LogP contribution in [0.1, 0.15) is 0 Å². The summed E-state index contributed by atoms with van der Waals surface area (Å²) >= 11 is 1.79. The number of guanidine groups is 1. The number of methoxy groups -OCH3 is 1. The molecule has 0 fully saturated rings. The number of nitrogens with one attached hydrogen (secondary N) is 2. The van der Waals surface area contributed by atoms with Crippen LogP contribution in [0.4, 0.5) is 0 Å². The molecule has 0 heterocycles. The Balaban J connectivity index is 4.14. The number of nitrogens with zero attached hydrogens (tertiary/aromatic N) is 2. The van der Waals surface area contributed by atoms with Crippen molar-refractivity contribution >= 4 is 23.6 Å². The number of carbonyl (C=O) groups excluding carboxylic acids is 1. The summed E-state index contributed by atoms with van der Waals surface area (Å²) < 4.78 is 4.98. The molecule has 0 saturated carbocycles. The Bertz CT molecular complexity index is 309. The van der Waals surface area contributed by atoms with E-state index in [-0.39, 0.29) is 12.5 Å². The second-order valence-electron chi connectivity index (χ2n) is 4.16. The summed E-state index contributed by atoms with van der Waals surface area (Å²) in [6.07, 6.45) is 1.88. The van der Waals surface area contributed by atoms with Gasteiger partial charge in [-0.15, -0.1) is 6.58 Å². The molecule has 0 aromatic heterocycles. The van der Waals surface area contributed by atoms with Crippen LogP contribution in [0, 0.1) is 0 Å². The fourth-order valence-electron chi connectivity index (χ4n) is 1.14. The van der Waals surface area contributed by atoms with Crippen LogP contribution in [0.3, 0.4) is 0 Å². The summed E-state index contributed by atoms with van der Waals surface area (Å²) in [5.74, 6) is 2.50. The Kier molecular flexibility index (Phi) is 12.0. The van der Waals surface area contributed by atoms with Gasteiger partial charge in [-0.1, -0.05) is 6.08 Å². The number of hydrogen-bond donors (Lipinski definition) is 2. The fourth-order valence-corrected chi connectivity index (χ4v) is 1.72. The van der Waals surface area contributed by atoms with Gasteiger partial charge in [-0.2, -0.15) is 11.8 Å². The Labute approximate surface area is 126 Å². The summed E-state index contributed by atoms with van der Waals surface area (Å²) in [5.41, 5.74) is 0. The molecule has 0 spiro atoms. The Hall–Kier alpha value is -1.21. The van der Waals surface area contributed by atoms with Crippen LogP contribution in [0.25, 0.3) is 0 Å². The minimum atomic E-state index is -0.0288. The third-order valence-electron chi connectivity index (χ3n) is 2.24. The zero-order valence-corrected chi connectivity index (χ0v) is 13.5. The summed E-state index contributed by atoms with van der Waals surface area (Å²) in [6.45, 7) is 5.84. The highest BCUT2D eigenvalue weighted by Gasteiger charge is 2.04. The quantitative estimate of drug-likeness (QED) is 0.261. The van der Waals surface area contributed by atoms with Crippen LogP contribution >= 0.6 is 11.8 Å². The second-order valence-corrected chi connectivity index (χ2v) is 5.31. The van der Waals surface area contributed by atoms with Crippen LogP contribution in [0.5, 0.6) is 0 Å². The van der Waals surface area contributed by atoms with Crippen molar-refractivity contribution in [1.29, 1.82) is 0 Å². The smallest absolute Gasteiger partial charge is 0.243 e. The molecule has 7 heteroatoms. The molecule has 2 N–H and O–H groups in total. The topological polar surface area (TPSA) is 66.0 Å². The number of amides is 1. The predicted molar refractivity (Wildman–Crippen MR) is 86.4 cm³/mol. The van der Waals surface area contributed by atoms with Crippen molar-refractivity contribution in [3.8, 4) is 0 Å². The first-order valence-corrected chi connectivity index (χ1v) is 7.67. The molecule has 0 aromatic carbocycles. The number of thioether (sulfide) groups is 1. The molecular weight excluding hydrogens is 276 g/mol. The highest BCUT2D eigenvalue weighted by molar-refractivity contribution is 7.99. The van der Waals surface area contributed by atoms with Gasteiger partial charge in [0.25, 0.3) is 0 Å². The molecule has 116 valence electrons. The van der Waals surface area contributed by atoms with Crippen molar-refractivity contribution in [1.82, 2.24) is 15.5 Å². The number of hydrogen-bond acceptors (Lipinski definition) is 4. The number of rotatable bonds is 10. The largest absolute Gasteiger partial charge is 0.383 e. The zero-order valence-electron chi connectivity index (χ0n) is 12.6. The van der Waals surface area contributed by atoms with Gasteiger partial charge in [0.15, 0.2) is 5.96 Å². The molecule has 0 aromatic rings. The first kappa shape index (κ1) is 18.8. The van der Waals surface area contributed by atoms with Crippen LogP contribution in [-0.4, -0.2) is 75.7 Å². The lowest BCUT2D eigenvalue weighted by Gasteiger charge is -2.13. The summed E-state index contributed by atoms with van der Waals surface area (Å²) in [4.78, 5) is 17.3. The first-order valence-electron chi connectivity index (χ1n) is 6.51. The van der Waals surface area contributed by atoms with Crippen molar-refractivity contribution in [2.24, 2.45) is 4.99 Å². The maximum atomic E-state index is 11.5. The zero-order chi connectivity index (χ0) is 15.2. The van der Waals surface area contributed by atoms with Gasteiger partial charge in [0, 0.05) is 45.8 Å². The molecule has 0 saturated heterocycles. The Morgan fingerprint density at radius 1 is 1.40 bits per heavy atom. The Morgan fingerprint density at radius 3 is 2.70 bits per heavy atom. The van der Waals surface area contributed by atoms with Gasteiger partial charge in [0.1, 0.15) is 6.54 Å². The number of carbonyl (C=O) groups is 1. The number of likely N-dealkylation sites (N-methyl/N-ethyl adjacent to an activating group) is 1. The Morgan fingerprint density at radius 2 is 2.10 bits per heavy atom. The van der Waals surface area contributed by atoms with Gasteiger partial charge in [0.05, 0.1) is 6.61 Å². The van der Waals surface area contributed by atoms with E-state index < -0.39 is 0 Å². The molecule has 0 radical (unpaired) electrons. The van der Waals surface area contributed by atoms with Crippen molar-refractivity contribution in [2.75, 3.05) is 59.0 Å². The van der Waals surface area contributed by atoms with E-state index in [1.807, 2.05) is 6.08 Å². The minimum Gasteiger partial charge on any atom is -0.383 e. The molecule has 6 nitrogen and oxygen atoms in total. The monoisotopic (exact) mass is 302 g/mol. The normalized spacial score (nSPS) is 11.1. The maximum absolute atomic E-state index is 11.5. The summed E-state index contributed by atoms with van der Waals surface area (Å²) in [6, 6.07) is 0. The molecule has 0 aliphatic carbocycles. The van der Waals surface area contributed by atoms with Crippen LogP contribution < -0.4 is 10.6 Å². The van der Waals surface area contributed by atoms with Gasteiger partial charge in [-0.25, -0.2) is 4.99 Å². The molecule has 0 bridgehead atoms. The lowest BCUT2D eigenvalue weighted by Crippen LogP contribution is -2.41. The second kappa shape index (κ2) is 12.8. The third-order valence-corrected chi connectivity index (χ3v) is 3.21. The number of ether oxygens (including phenoxy) is 1. The van der Waals surface area contributed by atoms with E-state index in [1.54, 1.807) is 33.0 Å². The standard InChI is InChI=1S/C13H26N4O2S/c1-5-9-20-10-7-15-13(14-6-8-19-4)16-11-12(18)17(2)3/h5H,1,6-11H2,2-4H3,(H2,14,15,16). The fraction of sp³-hybridized carbons (Fsp3) is 0.692. The van der Waals surface area contributed by atoms with E-state index in [4.69, 9.17) is 4.74 Å². The average Bonchev–Trinajstić information content (AvgIpc) is 2.43. The van der Waals surface area contributed by atoms with Crippen LogP contribution in [-0.2, 0) is 9.53 Å². The first-order chi connectivity index (χ1) is 9.61. The molecule has 0 rings (SSSR count). The molecule has 0 aliphatic heterocycles. The highest BCUT2D eigenvalue weighted by Crippen LogP contribution is 1.96. The summed E-state index contributed by atoms with van der Waals surface area (Å²) in [7, 11) is 5.08. The van der Waals surface area contributed by atoms with E-state index in [0.717, 1.165) is 18.1 Å². The van der Waals surface area contributed by atoms with Crippen molar-refractivity contribution in [3.63, 3.8) is 0 Å². The predicted octanol–water partition coefficient (Wildman–Crippen LogP) is 0.175. The van der Waals surface area contributed by atoms with Gasteiger partial charge in [0.2, 0.25) is 5.91 Å². The van der Waals surface area contributed by atoms with E-state index in [2.05, 4.69) is 22.2 Å². The van der Waals surface area contributed by atoms with Crippen molar-refractivity contribution in [2.45, 2.75) is 0 Å². The minimum absolute atomic E-state index is 0.0288. The van der Waals surface area contributed by atoms with Gasteiger partial charge in [-0.3, -0.25) is 4.79 Å². The SMILES string of the molecule is C=CCSCCNC(=NCC(=O)N(C)C)NCCOC. The average molecular weight is 302 g/mol. The van der Waals surface area contributed by atoms with E-state index in [1.165, 1.54) is 4.90 Å².